The molecule has 0 saturated heterocycles. The summed E-state index contributed by atoms with van der Waals surface area (Å²) in [4.78, 5) is 27.7. The van der Waals surface area contributed by atoms with E-state index in [1.165, 1.54) is 16.9 Å². The van der Waals surface area contributed by atoms with Gasteiger partial charge < -0.3 is 10.4 Å². The van der Waals surface area contributed by atoms with Crippen LogP contribution in [-0.4, -0.2) is 37.1 Å². The molecule has 1 aliphatic rings. The van der Waals surface area contributed by atoms with E-state index >= 15 is 0 Å². The molecule has 1 fully saturated rings. The van der Waals surface area contributed by atoms with Crippen molar-refractivity contribution in [2.75, 3.05) is 0 Å². The fourth-order valence-corrected chi connectivity index (χ4v) is 2.30. The fraction of sp³-hybridized carbons (Fsp3) is 0.385. The number of aliphatic carboxylic acids is 1. The number of aromatic nitrogens is 3. The van der Waals surface area contributed by atoms with Crippen LogP contribution in [0.1, 0.15) is 30.1 Å². The zero-order chi connectivity index (χ0) is 14.3. The number of carboxylic acids is 1. The number of fused-ring (bicyclic) bond motifs is 1. The van der Waals surface area contributed by atoms with Gasteiger partial charge in [0.25, 0.3) is 5.91 Å². The Labute approximate surface area is 114 Å². The molecular weight excluding hydrogens is 260 g/mol. The van der Waals surface area contributed by atoms with Gasteiger partial charge in [0.2, 0.25) is 0 Å². The van der Waals surface area contributed by atoms with Gasteiger partial charge in [-0.05, 0) is 25.7 Å². The second-order valence-corrected chi connectivity index (χ2v) is 5.20. The Morgan fingerprint density at radius 1 is 1.45 bits per heavy atom. The van der Waals surface area contributed by atoms with Crippen molar-refractivity contribution < 1.29 is 14.7 Å². The van der Waals surface area contributed by atoms with Gasteiger partial charge >= 0.3 is 5.97 Å². The number of carboxylic acid groups (broad SMARTS) is 1. The lowest BCUT2D eigenvalue weighted by Gasteiger charge is -2.25. The molecular formula is C13H14N4O3. The molecule has 104 valence electrons. The Bertz CT molecular complexity index is 692. The highest BCUT2D eigenvalue weighted by atomic mass is 16.4. The van der Waals surface area contributed by atoms with E-state index in [1.54, 1.807) is 19.3 Å². The van der Waals surface area contributed by atoms with Gasteiger partial charge in [0.15, 0.2) is 0 Å². The standard InChI is InChI=1S/C13H14N4O3/c1-13(12(19)20,8-2-3-8)16-11(18)9-6-15-17-5-4-14-7-10(9)17/h4-8H,2-3H2,1H3,(H,16,18)(H,19,20). The van der Waals surface area contributed by atoms with Crippen molar-refractivity contribution in [3.63, 3.8) is 0 Å². The summed E-state index contributed by atoms with van der Waals surface area (Å²) in [6.07, 6.45) is 7.77. The Morgan fingerprint density at radius 2 is 2.20 bits per heavy atom. The first-order valence-electron chi connectivity index (χ1n) is 6.35. The molecule has 1 amide bonds. The molecule has 2 heterocycles. The highest BCUT2D eigenvalue weighted by Crippen LogP contribution is 2.39. The van der Waals surface area contributed by atoms with Crippen LogP contribution in [0, 0.1) is 5.92 Å². The molecule has 0 radical (unpaired) electrons. The predicted octanol–water partition coefficient (Wildman–Crippen LogP) is 0.712. The molecule has 0 aromatic carbocycles. The molecule has 2 aromatic rings. The first-order valence-corrected chi connectivity index (χ1v) is 6.35. The van der Waals surface area contributed by atoms with Crippen molar-refractivity contribution >= 4 is 17.4 Å². The summed E-state index contributed by atoms with van der Waals surface area (Å²) < 4.78 is 1.52. The summed E-state index contributed by atoms with van der Waals surface area (Å²) in [5.41, 5.74) is -0.354. The maximum Gasteiger partial charge on any atom is 0.329 e. The van der Waals surface area contributed by atoms with Crippen LogP contribution < -0.4 is 5.32 Å². The number of carbonyl (C=O) groups is 2. The number of nitrogens with one attached hydrogen (secondary N) is 1. The topological polar surface area (TPSA) is 96.6 Å². The molecule has 1 unspecified atom stereocenters. The Hall–Kier alpha value is -2.44. The summed E-state index contributed by atoms with van der Waals surface area (Å²) in [6.45, 7) is 1.55. The number of hydrogen-bond acceptors (Lipinski definition) is 4. The number of amides is 1. The Kier molecular flexibility index (Phi) is 2.70. The maximum absolute atomic E-state index is 12.3. The zero-order valence-corrected chi connectivity index (χ0v) is 10.9. The molecule has 7 nitrogen and oxygen atoms in total. The monoisotopic (exact) mass is 274 g/mol. The third-order valence-corrected chi connectivity index (χ3v) is 3.78. The zero-order valence-electron chi connectivity index (χ0n) is 10.9. The largest absolute Gasteiger partial charge is 0.480 e. The van der Waals surface area contributed by atoms with Gasteiger partial charge in [0.05, 0.1) is 23.5 Å². The average molecular weight is 274 g/mol. The smallest absolute Gasteiger partial charge is 0.329 e. The third-order valence-electron chi connectivity index (χ3n) is 3.78. The number of nitrogens with zero attached hydrogens (tertiary/aromatic N) is 3. The maximum atomic E-state index is 12.3. The Morgan fingerprint density at radius 3 is 2.85 bits per heavy atom. The molecule has 20 heavy (non-hydrogen) atoms. The van der Waals surface area contributed by atoms with Crippen molar-refractivity contribution in [2.24, 2.45) is 5.92 Å². The number of hydrogen-bond donors (Lipinski definition) is 2. The predicted molar refractivity (Wildman–Crippen MR) is 69.2 cm³/mol. The van der Waals surface area contributed by atoms with Crippen LogP contribution in [0.4, 0.5) is 0 Å². The SMILES string of the molecule is CC(NC(=O)c1cnn2ccncc12)(C(=O)O)C1CC1. The highest BCUT2D eigenvalue weighted by molar-refractivity contribution is 6.02. The van der Waals surface area contributed by atoms with Crippen molar-refractivity contribution in [3.05, 3.63) is 30.4 Å². The van der Waals surface area contributed by atoms with E-state index in [0.717, 1.165) is 12.8 Å². The van der Waals surface area contributed by atoms with Crippen LogP contribution in [0.2, 0.25) is 0 Å². The van der Waals surface area contributed by atoms with Crippen molar-refractivity contribution in [1.82, 2.24) is 19.9 Å². The van der Waals surface area contributed by atoms with Crippen LogP contribution in [-0.2, 0) is 4.79 Å². The highest BCUT2D eigenvalue weighted by Gasteiger charge is 2.48. The molecule has 3 rings (SSSR count). The van der Waals surface area contributed by atoms with E-state index in [1.807, 2.05) is 0 Å². The van der Waals surface area contributed by atoms with Gasteiger partial charge in [-0.15, -0.1) is 0 Å². The number of rotatable bonds is 4. The van der Waals surface area contributed by atoms with Crippen LogP contribution >= 0.6 is 0 Å². The van der Waals surface area contributed by atoms with E-state index < -0.39 is 17.4 Å². The van der Waals surface area contributed by atoms with Gasteiger partial charge in [-0.2, -0.15) is 5.10 Å². The van der Waals surface area contributed by atoms with Crippen LogP contribution in [0.15, 0.2) is 24.8 Å². The molecule has 0 aliphatic heterocycles. The summed E-state index contributed by atoms with van der Waals surface area (Å²) in [5.74, 6) is -1.46. The van der Waals surface area contributed by atoms with E-state index in [4.69, 9.17) is 0 Å². The lowest BCUT2D eigenvalue weighted by molar-refractivity contribution is -0.144. The van der Waals surface area contributed by atoms with Crippen LogP contribution in [0.25, 0.3) is 5.52 Å². The van der Waals surface area contributed by atoms with Crippen molar-refractivity contribution in [2.45, 2.75) is 25.3 Å². The Balaban J connectivity index is 1.91. The lowest BCUT2D eigenvalue weighted by atomic mass is 9.95. The minimum atomic E-state index is -1.23. The molecule has 1 aliphatic carbocycles. The molecule has 0 bridgehead atoms. The van der Waals surface area contributed by atoms with Gasteiger partial charge in [-0.3, -0.25) is 9.78 Å². The van der Waals surface area contributed by atoms with Crippen molar-refractivity contribution in [3.8, 4) is 0 Å². The molecule has 7 heteroatoms. The first kappa shape index (κ1) is 12.6. The average Bonchev–Trinajstić information content (AvgIpc) is 3.18. The quantitative estimate of drug-likeness (QED) is 0.856. The van der Waals surface area contributed by atoms with Gasteiger partial charge in [0.1, 0.15) is 5.54 Å². The number of carbonyl (C=O) groups excluding carboxylic acids is 1. The van der Waals surface area contributed by atoms with Crippen LogP contribution in [0.5, 0.6) is 0 Å². The van der Waals surface area contributed by atoms with E-state index in [9.17, 15) is 14.7 Å². The summed E-state index contributed by atoms with van der Waals surface area (Å²) in [6, 6.07) is 0. The molecule has 2 aromatic heterocycles. The molecule has 1 saturated carbocycles. The van der Waals surface area contributed by atoms with Gasteiger partial charge in [-0.25, -0.2) is 9.31 Å². The fourth-order valence-electron chi connectivity index (χ4n) is 2.30. The van der Waals surface area contributed by atoms with E-state index in [2.05, 4.69) is 15.4 Å². The van der Waals surface area contributed by atoms with Crippen molar-refractivity contribution in [1.29, 1.82) is 0 Å². The second-order valence-electron chi connectivity index (χ2n) is 5.20. The summed E-state index contributed by atoms with van der Waals surface area (Å²) >= 11 is 0. The molecule has 0 spiro atoms. The first-order chi connectivity index (χ1) is 9.52. The normalized spacial score (nSPS) is 17.6. The molecule has 2 N–H and O–H groups in total. The third kappa shape index (κ3) is 1.91. The van der Waals surface area contributed by atoms with E-state index in [-0.39, 0.29) is 5.92 Å². The summed E-state index contributed by atoms with van der Waals surface area (Å²) in [5, 5.41) is 16.0. The molecule has 1 atom stereocenters. The summed E-state index contributed by atoms with van der Waals surface area (Å²) in [7, 11) is 0. The lowest BCUT2D eigenvalue weighted by Crippen LogP contribution is -2.54. The second kappa shape index (κ2) is 4.29. The minimum Gasteiger partial charge on any atom is -0.480 e. The van der Waals surface area contributed by atoms with Crippen LogP contribution in [0.3, 0.4) is 0 Å². The minimum absolute atomic E-state index is 0.0103. The van der Waals surface area contributed by atoms with Gasteiger partial charge in [-0.1, -0.05) is 0 Å². The van der Waals surface area contributed by atoms with E-state index in [0.29, 0.717) is 11.1 Å². The van der Waals surface area contributed by atoms with Gasteiger partial charge in [0, 0.05) is 12.4 Å².